The zero-order valence-electron chi connectivity index (χ0n) is 69.8. The highest BCUT2D eigenvalue weighted by Gasteiger charge is 2.31. The van der Waals surface area contributed by atoms with E-state index in [4.69, 9.17) is 26.2 Å². The van der Waals surface area contributed by atoms with Gasteiger partial charge in [0.2, 0.25) is 0 Å². The van der Waals surface area contributed by atoms with Crippen molar-refractivity contribution in [2.75, 3.05) is 0 Å². The fourth-order valence-corrected chi connectivity index (χ4v) is 12.2. The highest BCUT2D eigenvalue weighted by molar-refractivity contribution is 6.10. The molecule has 0 fully saturated rings. The van der Waals surface area contributed by atoms with Gasteiger partial charge in [0.25, 0.3) is 6.33 Å². The summed E-state index contributed by atoms with van der Waals surface area (Å²) in [6, 6.07) is 38.7. The molecular formula is C82H74N4O. The molecule has 0 spiro atoms. The van der Waals surface area contributed by atoms with Crippen molar-refractivity contribution in [1.29, 1.82) is 0 Å². The van der Waals surface area contributed by atoms with Gasteiger partial charge >= 0.3 is 0 Å². The van der Waals surface area contributed by atoms with E-state index in [1.807, 2.05) is 96.1 Å². The smallest absolute Gasteiger partial charge is 0.269 e. The van der Waals surface area contributed by atoms with Crippen molar-refractivity contribution in [2.24, 2.45) is 0 Å². The molecule has 0 aliphatic carbocycles. The number of pyridine rings is 1. The van der Waals surface area contributed by atoms with Crippen LogP contribution in [0.4, 0.5) is 0 Å². The van der Waals surface area contributed by atoms with Crippen LogP contribution in [-0.2, 0) is 16.2 Å². The van der Waals surface area contributed by atoms with Gasteiger partial charge in [0.1, 0.15) is 17.3 Å². The minimum atomic E-state index is -2.99. The average molecular weight is 1150 g/mol. The van der Waals surface area contributed by atoms with Gasteiger partial charge in [0.05, 0.1) is 44.4 Å². The molecule has 0 amide bonds. The first kappa shape index (κ1) is 37.1. The lowest BCUT2D eigenvalue weighted by Crippen LogP contribution is -2.32. The predicted molar refractivity (Wildman–Crippen MR) is 364 cm³/mol. The first-order chi connectivity index (χ1) is 49.8. The number of fused-ring (bicyclic) bond motifs is 10. The zero-order chi connectivity index (χ0) is 77.4. The minimum Gasteiger partial charge on any atom is -0.458 e. The molecular weight excluding hydrogens is 1060 g/mol. The molecule has 10 aromatic carbocycles. The molecule has 4 heterocycles. The Morgan fingerprint density at radius 2 is 0.989 bits per heavy atom. The maximum absolute atomic E-state index is 10.3. The molecule has 5 heteroatoms. The summed E-state index contributed by atoms with van der Waals surface area (Å²) in [7, 11) is 0. The van der Waals surface area contributed by atoms with E-state index in [2.05, 4.69) is 49.9 Å². The number of hydrogen-bond donors (Lipinski definition) is 0. The maximum Gasteiger partial charge on any atom is 0.269 e. The molecule has 5 nitrogen and oxygen atoms in total. The van der Waals surface area contributed by atoms with Gasteiger partial charge in [-0.2, -0.15) is 0 Å². The largest absolute Gasteiger partial charge is 0.458 e. The summed E-state index contributed by atoms with van der Waals surface area (Å²) in [5, 5.41) is 1.91. The summed E-state index contributed by atoms with van der Waals surface area (Å²) in [5.41, 5.74) is 0.392. The zero-order valence-corrected chi connectivity index (χ0v) is 49.8. The van der Waals surface area contributed by atoms with Gasteiger partial charge in [-0.3, -0.25) is 13.7 Å². The fraction of sp³-hybridized carbons (Fsp3) is 0.195. The van der Waals surface area contributed by atoms with Gasteiger partial charge in [-0.15, -0.1) is 0 Å². The van der Waals surface area contributed by atoms with Gasteiger partial charge < -0.3 is 4.74 Å². The van der Waals surface area contributed by atoms with E-state index in [1.165, 1.54) is 48.5 Å². The third-order valence-electron chi connectivity index (χ3n) is 16.7. The Kier molecular flexibility index (Phi) is 8.76. The number of benzene rings is 10. The molecule has 0 saturated heterocycles. The van der Waals surface area contributed by atoms with Crippen molar-refractivity contribution >= 4 is 32.8 Å². The van der Waals surface area contributed by atoms with Crippen molar-refractivity contribution in [3.63, 3.8) is 0 Å². The first-order valence-electron chi connectivity index (χ1n) is 39.0. The molecule has 87 heavy (non-hydrogen) atoms. The lowest BCUT2D eigenvalue weighted by atomic mass is 9.78. The van der Waals surface area contributed by atoms with E-state index in [0.29, 0.717) is 22.8 Å². The van der Waals surface area contributed by atoms with Crippen LogP contribution in [0, 0.1) is 33.7 Å². The second-order valence-corrected chi connectivity index (χ2v) is 25.6. The van der Waals surface area contributed by atoms with Gasteiger partial charge in [0.15, 0.2) is 0 Å². The van der Waals surface area contributed by atoms with Crippen LogP contribution in [0.3, 0.4) is 0 Å². The van der Waals surface area contributed by atoms with Gasteiger partial charge in [-0.1, -0.05) is 196 Å². The molecule has 0 N–H and O–H groups in total. The number of nitrogens with zero attached hydrogens (tertiary/aromatic N) is 4. The second-order valence-electron chi connectivity index (χ2n) is 25.6. The lowest BCUT2D eigenvalue weighted by molar-refractivity contribution is -0.570. The van der Waals surface area contributed by atoms with Crippen molar-refractivity contribution in [3.05, 3.63) is 258 Å². The molecule has 1 aliphatic heterocycles. The summed E-state index contributed by atoms with van der Waals surface area (Å²) < 4.78 is 200. The van der Waals surface area contributed by atoms with Crippen LogP contribution in [0.25, 0.3) is 117 Å². The van der Waals surface area contributed by atoms with E-state index < -0.39 is 97.7 Å². The minimum absolute atomic E-state index is 0.0220. The third kappa shape index (κ3) is 9.56. The van der Waals surface area contributed by atoms with E-state index >= 15 is 0 Å². The quantitative estimate of drug-likeness (QED) is 0.118. The van der Waals surface area contributed by atoms with Crippen molar-refractivity contribution in [3.8, 4) is 95.5 Å². The highest BCUT2D eigenvalue weighted by atomic mass is 16.5. The summed E-state index contributed by atoms with van der Waals surface area (Å²) in [4.78, 5) is 4.88. The molecule has 0 saturated carbocycles. The Hall–Kier alpha value is -9.58. The number of imidazole rings is 1. The Morgan fingerprint density at radius 3 is 1.61 bits per heavy atom. The van der Waals surface area contributed by atoms with Crippen LogP contribution < -0.4 is 9.30 Å². The summed E-state index contributed by atoms with van der Waals surface area (Å²) in [6.45, 7) is 6.67. The topological polar surface area (TPSA) is 35.9 Å². The van der Waals surface area contributed by atoms with Gasteiger partial charge in [0, 0.05) is 39.5 Å². The van der Waals surface area contributed by atoms with E-state index in [-0.39, 0.29) is 100 Å². The predicted octanol–water partition coefficient (Wildman–Crippen LogP) is 21.4. The van der Waals surface area contributed by atoms with Gasteiger partial charge in [-0.05, 0) is 216 Å². The number of aromatic nitrogens is 4. The van der Waals surface area contributed by atoms with Crippen molar-refractivity contribution in [2.45, 2.75) is 106 Å². The van der Waals surface area contributed by atoms with Crippen LogP contribution in [0.15, 0.2) is 212 Å². The van der Waals surface area contributed by atoms with E-state index in [1.54, 1.807) is 51.7 Å². The third-order valence-corrected chi connectivity index (χ3v) is 16.7. The summed E-state index contributed by atoms with van der Waals surface area (Å²) in [5.74, 6) is 1.40. The van der Waals surface area contributed by atoms with Crippen LogP contribution in [0.1, 0.15) is 129 Å². The van der Waals surface area contributed by atoms with Crippen LogP contribution in [0.5, 0.6) is 11.5 Å². The Bertz CT molecular complexity index is 5820. The number of ether oxygens (including phenoxy) is 1. The van der Waals surface area contributed by atoms with Crippen LogP contribution in [0.2, 0.25) is 0 Å². The summed E-state index contributed by atoms with van der Waals surface area (Å²) in [6.07, 6.45) is 5.43. The standard InChI is InChI=1S/C82H74N4O/c1-50-23-20-24-51(2)76(50)55-41-69(54-39-58(81(8,9)10)45-59(40-54)82(11,12)13)78-70(42-55)65-31-16-14-29-63(65)64-30-15-17-32-66(64)71-43-56(77-52(3)25-21-26-53(77)4)44-74-79(71)85(78)49-84(74)60-27-22-28-61(47-60)87-62-35-36-68-67-33-18-19-34-72(67)86(73(68)48-62)75-46-57(37-38-83-75)80(5,6)7/h14-48H,1-13H3/i1D3,2D3,3D3,4D3,14D,15D,16D,17D,29D,30D,31D,32D. The molecule has 1 aliphatic rings. The first-order valence-corrected chi connectivity index (χ1v) is 29.0. The molecule has 14 rings (SSSR count). The maximum atomic E-state index is 10.3. The van der Waals surface area contributed by atoms with Crippen molar-refractivity contribution < 1.29 is 36.7 Å². The Morgan fingerprint density at radius 1 is 0.448 bits per heavy atom. The summed E-state index contributed by atoms with van der Waals surface area (Å²) >= 11 is 0. The normalized spacial score (nSPS) is 16.3. The van der Waals surface area contributed by atoms with E-state index in [0.717, 1.165) is 38.5 Å². The second kappa shape index (κ2) is 20.6. The molecule has 3 aromatic heterocycles. The lowest BCUT2D eigenvalue weighted by Gasteiger charge is -2.28. The SMILES string of the molecule is [2H]c1c([2H])c([2H])c2c(c1[2H])-c1cc(-c3c(C([2H])([2H])[2H])cccc3C([2H])([2H])[2H])cc(-c3cc(C(C)(C)C)cc(C(C)(C)C)c3)c1-[n+]1[c-]n(-c3cccc(Oc4ccc5c6ccccc6n(-c6cc(C(C)(C)C)ccn6)c5c4)c3)c3cc(-c4c(C([2H])([2H])[2H])cccc4C([2H])([2H])[2H])cc(c31)-c1c([2H])c([2H])c([2H])c([2H])c1-2. The molecule has 13 aromatic rings. The number of aryl methyl sites for hydroxylation is 4. The van der Waals surface area contributed by atoms with Gasteiger partial charge in [-0.25, -0.2) is 4.98 Å². The van der Waals surface area contributed by atoms with E-state index in [9.17, 15) is 11.0 Å². The molecule has 0 bridgehead atoms. The number of para-hydroxylation sites is 1. The molecule has 0 atom stereocenters. The monoisotopic (exact) mass is 1150 g/mol. The number of hydrogen-bond acceptors (Lipinski definition) is 2. The Balaban J connectivity index is 1.19. The number of rotatable bonds is 7. The van der Waals surface area contributed by atoms with Crippen molar-refractivity contribution in [1.82, 2.24) is 14.1 Å². The Labute approximate surface area is 541 Å². The van der Waals surface area contributed by atoms with Crippen LogP contribution in [-0.4, -0.2) is 14.1 Å². The molecule has 0 radical (unpaired) electrons. The molecule has 0 unspecified atom stereocenters. The highest BCUT2D eigenvalue weighted by Crippen LogP contribution is 2.49. The average Bonchev–Trinajstić information content (AvgIpc) is 1.61. The van der Waals surface area contributed by atoms with Crippen LogP contribution >= 0.6 is 0 Å². The fourth-order valence-electron chi connectivity index (χ4n) is 12.2. The molecule has 428 valence electrons.